The zero-order chi connectivity index (χ0) is 31.8. The van der Waals surface area contributed by atoms with Gasteiger partial charge in [-0.1, -0.05) is 0 Å². The maximum atomic E-state index is 16.0. The second-order valence-electron chi connectivity index (χ2n) is 10.2. The molecule has 7 N–H and O–H groups in total. The highest BCUT2D eigenvalue weighted by Crippen LogP contribution is 2.65. The Morgan fingerprint density at radius 3 is 2.67 bits per heavy atom. The van der Waals surface area contributed by atoms with E-state index in [9.17, 15) is 14.6 Å². The van der Waals surface area contributed by atoms with E-state index in [-0.39, 0.29) is 34.0 Å². The summed E-state index contributed by atoms with van der Waals surface area (Å²) in [5, 5.41) is 0.113. The SMILES string of the molecule is Nc1nc2c(ccn2[C@@H]2O[C@@H]3COP(O)(=S)OC4[C@@H](CO[P+](O)(S)OC2C3F)O[C@@H](n2cnc3c(N)ncnc32)[C@H]4F)c(=O)[nH]1. The fraction of sp³-hybridized carbons (Fsp3) is 0.476. The van der Waals surface area contributed by atoms with Crippen molar-refractivity contribution in [2.24, 2.45) is 0 Å². The highest BCUT2D eigenvalue weighted by Gasteiger charge is 2.57. The number of nitrogens with two attached hydrogens (primary N) is 2. The van der Waals surface area contributed by atoms with Gasteiger partial charge < -0.3 is 34.9 Å². The van der Waals surface area contributed by atoms with Crippen LogP contribution < -0.4 is 17.0 Å². The molecular weight excluding hydrogens is 686 g/mol. The third kappa shape index (κ3) is 5.62. The van der Waals surface area contributed by atoms with Gasteiger partial charge in [0.2, 0.25) is 5.95 Å². The van der Waals surface area contributed by atoms with E-state index in [1.54, 1.807) is 0 Å². The molecule has 5 unspecified atom stereocenters. The van der Waals surface area contributed by atoms with Gasteiger partial charge in [0.1, 0.15) is 36.8 Å². The molecule has 45 heavy (non-hydrogen) atoms. The van der Waals surface area contributed by atoms with Crippen molar-refractivity contribution in [1.29, 1.82) is 0 Å². The van der Waals surface area contributed by atoms with Crippen molar-refractivity contribution in [2.75, 3.05) is 24.7 Å². The smallest absolute Gasteiger partial charge is 0.382 e. The molecule has 0 radical (unpaired) electrons. The average molecular weight is 711 g/mol. The lowest BCUT2D eigenvalue weighted by Crippen LogP contribution is -2.34. The Morgan fingerprint density at radius 1 is 1.09 bits per heavy atom. The molecule has 10 atom stereocenters. The first-order chi connectivity index (χ1) is 21.3. The number of H-pyrrole nitrogens is 1. The summed E-state index contributed by atoms with van der Waals surface area (Å²) in [5.41, 5.74) is 11.4. The van der Waals surface area contributed by atoms with Crippen LogP contribution in [0, 0.1) is 0 Å². The number of alkyl halides is 2. The lowest BCUT2D eigenvalue weighted by Gasteiger charge is -2.26. The van der Waals surface area contributed by atoms with Crippen LogP contribution in [0.4, 0.5) is 20.5 Å². The average Bonchev–Trinajstić information content (AvgIpc) is 3.72. The first-order valence-electron chi connectivity index (χ1n) is 13.0. The van der Waals surface area contributed by atoms with Crippen molar-refractivity contribution in [3.05, 3.63) is 35.3 Å². The highest BCUT2D eigenvalue weighted by molar-refractivity contribution is 8.47. The molecule has 0 spiro atoms. The maximum absolute atomic E-state index is 16.0. The number of nitrogens with zero attached hydrogens (tertiary/aromatic N) is 6. The summed E-state index contributed by atoms with van der Waals surface area (Å²) in [6.07, 6.45) is -9.06. The van der Waals surface area contributed by atoms with Crippen molar-refractivity contribution in [2.45, 2.75) is 49.2 Å². The van der Waals surface area contributed by atoms with Crippen LogP contribution in [0.5, 0.6) is 0 Å². The summed E-state index contributed by atoms with van der Waals surface area (Å²) in [4.78, 5) is 52.9. The van der Waals surface area contributed by atoms with Gasteiger partial charge in [0.05, 0.1) is 30.6 Å². The Labute approximate surface area is 260 Å². The number of halogens is 2. The maximum Gasteiger partial charge on any atom is 0.476 e. The number of fused-ring (bicyclic) bond motifs is 5. The van der Waals surface area contributed by atoms with E-state index in [2.05, 4.69) is 37.2 Å². The molecule has 7 heterocycles. The lowest BCUT2D eigenvalue weighted by molar-refractivity contribution is -0.0601. The molecule has 0 saturated carbocycles. The van der Waals surface area contributed by atoms with Crippen molar-refractivity contribution in [3.8, 4) is 0 Å². The van der Waals surface area contributed by atoms with Crippen LogP contribution in [-0.4, -0.2) is 93.8 Å². The molecule has 242 valence electrons. The fourth-order valence-electron chi connectivity index (χ4n) is 5.38. The molecule has 7 rings (SSSR count). The molecule has 0 amide bonds. The van der Waals surface area contributed by atoms with Crippen LogP contribution >= 0.6 is 26.1 Å². The van der Waals surface area contributed by atoms with Gasteiger partial charge in [-0.05, 0) is 17.9 Å². The minimum atomic E-state index is -4.30. The summed E-state index contributed by atoms with van der Waals surface area (Å²) in [7, 11) is -4.22. The summed E-state index contributed by atoms with van der Waals surface area (Å²) in [5.74, 6) is -0.160. The molecular formula is C21H24F2N9O9P2S2+. The Hall–Kier alpha value is -2.46. The first kappa shape index (κ1) is 31.2. The summed E-state index contributed by atoms with van der Waals surface area (Å²) < 4.78 is 68.3. The van der Waals surface area contributed by atoms with E-state index in [1.807, 2.05) is 0 Å². The van der Waals surface area contributed by atoms with Gasteiger partial charge in [-0.3, -0.25) is 18.9 Å². The molecule has 4 aromatic rings. The van der Waals surface area contributed by atoms with Gasteiger partial charge in [-0.15, -0.1) is 0 Å². The van der Waals surface area contributed by atoms with Gasteiger partial charge in [0.15, 0.2) is 48.0 Å². The molecule has 3 aliphatic rings. The standard InChI is InChI=1S/C21H23F2N9O9P2S2/c22-10-8-3-36-42(34,44)40-13-9(39-19(11(13)23)32-6-28-12-15(24)26-5-27-17(12)32)4-37-43(35,45)41-14(10)20(38-8)31-2-1-7-16(31)29-21(25)30-18(7)33/h1-2,5-6,8-11,13-14,19-20,35,45H,3-4H2,(H5-,24,25,26,27,29,30,33,34,44)/p+1/t8-,9-,10?,11+,13?,14?,19-,20-,42?,43?/m1/s1. The zero-order valence-corrected chi connectivity index (χ0v) is 25.9. The van der Waals surface area contributed by atoms with Crippen molar-refractivity contribution in [1.82, 2.24) is 34.1 Å². The van der Waals surface area contributed by atoms with Crippen LogP contribution in [0.2, 0.25) is 0 Å². The normalized spacial score (nSPS) is 37.7. The number of aromatic nitrogens is 7. The number of aromatic amines is 1. The third-order valence-corrected chi connectivity index (χ3v) is 10.6. The van der Waals surface area contributed by atoms with E-state index in [4.69, 9.17) is 50.8 Å². The fourth-order valence-corrected chi connectivity index (χ4v) is 8.28. The van der Waals surface area contributed by atoms with Gasteiger partial charge >= 0.3 is 13.9 Å². The zero-order valence-electron chi connectivity index (χ0n) is 22.4. The van der Waals surface area contributed by atoms with Crippen LogP contribution in [0.25, 0.3) is 22.2 Å². The van der Waals surface area contributed by atoms with Crippen LogP contribution in [0.3, 0.4) is 0 Å². The molecule has 24 heteroatoms. The van der Waals surface area contributed by atoms with E-state index in [0.29, 0.717) is 0 Å². The van der Waals surface area contributed by atoms with Gasteiger partial charge in [-0.2, -0.15) is 18.9 Å². The summed E-state index contributed by atoms with van der Waals surface area (Å²) >= 11 is 9.26. The third-order valence-electron chi connectivity index (χ3n) is 7.39. The number of nitrogens with one attached hydrogen (secondary N) is 1. The predicted octanol–water partition coefficient (Wildman–Crippen LogP) is 0.834. The van der Waals surface area contributed by atoms with Gasteiger partial charge in [0.25, 0.3) is 5.56 Å². The van der Waals surface area contributed by atoms with E-state index < -0.39 is 81.9 Å². The van der Waals surface area contributed by atoms with E-state index in [1.165, 1.54) is 27.7 Å². The van der Waals surface area contributed by atoms with Crippen molar-refractivity contribution < 1.29 is 46.1 Å². The number of rotatable bonds is 2. The predicted molar refractivity (Wildman–Crippen MR) is 158 cm³/mol. The number of hydrogen-bond acceptors (Lipinski definition) is 16. The minimum Gasteiger partial charge on any atom is -0.382 e. The van der Waals surface area contributed by atoms with Crippen LogP contribution in [-0.2, 0) is 39.4 Å². The minimum absolute atomic E-state index is 0.0311. The molecule has 0 aromatic carbocycles. The molecule has 0 aliphatic carbocycles. The van der Waals surface area contributed by atoms with E-state index in [0.717, 1.165) is 6.33 Å². The van der Waals surface area contributed by atoms with Crippen molar-refractivity contribution >= 4 is 71.9 Å². The molecule has 3 aliphatic heterocycles. The summed E-state index contributed by atoms with van der Waals surface area (Å²) in [6.45, 7) is -5.59. The Balaban J connectivity index is 1.20. The Kier molecular flexibility index (Phi) is 7.86. The molecule has 18 nitrogen and oxygen atoms in total. The molecule has 3 fully saturated rings. The number of nitrogen functional groups attached to an aromatic ring is 2. The number of ether oxygens (including phenoxy) is 2. The highest BCUT2D eigenvalue weighted by atomic mass is 32.7. The number of hydrogen-bond donors (Lipinski definition) is 6. The van der Waals surface area contributed by atoms with E-state index >= 15 is 8.78 Å². The molecule has 4 aromatic heterocycles. The quantitative estimate of drug-likeness (QED) is 0.125. The first-order valence-corrected chi connectivity index (χ1v) is 18.4. The Bertz CT molecular complexity index is 1880. The number of thiol groups is 1. The summed E-state index contributed by atoms with van der Waals surface area (Å²) in [6, 6.07) is 1.40. The van der Waals surface area contributed by atoms with Crippen LogP contribution in [0.15, 0.2) is 29.7 Å². The van der Waals surface area contributed by atoms with Gasteiger partial charge in [-0.25, -0.2) is 23.7 Å². The molecule has 3 saturated heterocycles. The lowest BCUT2D eigenvalue weighted by atomic mass is 10.1. The van der Waals surface area contributed by atoms with Crippen molar-refractivity contribution in [3.63, 3.8) is 0 Å². The topological polar surface area (TPSA) is 242 Å². The number of imidazole rings is 1. The Morgan fingerprint density at radius 2 is 1.87 bits per heavy atom. The monoisotopic (exact) mass is 710 g/mol. The second kappa shape index (κ2) is 11.4. The van der Waals surface area contributed by atoms with Crippen LogP contribution in [0.1, 0.15) is 12.5 Å². The van der Waals surface area contributed by atoms with Gasteiger partial charge in [0, 0.05) is 6.20 Å². The molecule has 2 bridgehead atoms. The largest absolute Gasteiger partial charge is 0.476 e. The second-order valence-corrected chi connectivity index (χ2v) is 16.0. The number of anilines is 2.